The number of hydrogen-bond acceptors (Lipinski definition) is 6. The zero-order valence-electron chi connectivity index (χ0n) is 10.2. The van der Waals surface area contributed by atoms with Gasteiger partial charge in [-0.15, -0.1) is 0 Å². The average Bonchev–Trinajstić information content (AvgIpc) is 2.98. The van der Waals surface area contributed by atoms with Gasteiger partial charge in [-0.1, -0.05) is 11.3 Å². The number of aryl methyl sites for hydroxylation is 1. The molecule has 96 valence electrons. The zero-order chi connectivity index (χ0) is 13.0. The number of nitrogens with one attached hydrogen (secondary N) is 1. The van der Waals surface area contributed by atoms with Crippen molar-refractivity contribution in [2.24, 2.45) is 0 Å². The summed E-state index contributed by atoms with van der Waals surface area (Å²) in [6, 6.07) is 0. The molecule has 0 aliphatic rings. The summed E-state index contributed by atoms with van der Waals surface area (Å²) in [5, 5.41) is 3.90. The molecule has 0 saturated heterocycles. The van der Waals surface area contributed by atoms with Crippen molar-refractivity contribution in [3.05, 3.63) is 29.3 Å². The SMILES string of the molecule is COC(=O)c1sc(NCCn2ccnc2)nc1C. The molecule has 0 amide bonds. The quantitative estimate of drug-likeness (QED) is 0.831. The molecule has 0 radical (unpaired) electrons. The van der Waals surface area contributed by atoms with E-state index in [9.17, 15) is 4.79 Å². The Labute approximate surface area is 109 Å². The first kappa shape index (κ1) is 12.6. The summed E-state index contributed by atoms with van der Waals surface area (Å²) >= 11 is 1.31. The van der Waals surface area contributed by atoms with Gasteiger partial charge in [0.05, 0.1) is 19.1 Å². The van der Waals surface area contributed by atoms with E-state index >= 15 is 0 Å². The summed E-state index contributed by atoms with van der Waals surface area (Å²) in [5.74, 6) is -0.340. The first-order chi connectivity index (χ1) is 8.70. The highest BCUT2D eigenvalue weighted by Gasteiger charge is 2.15. The number of rotatable bonds is 5. The highest BCUT2D eigenvalue weighted by atomic mass is 32.1. The van der Waals surface area contributed by atoms with E-state index in [4.69, 9.17) is 0 Å². The fourth-order valence-electron chi connectivity index (χ4n) is 1.47. The van der Waals surface area contributed by atoms with Gasteiger partial charge in [-0.3, -0.25) is 0 Å². The molecule has 2 heterocycles. The van der Waals surface area contributed by atoms with Crippen molar-refractivity contribution in [3.8, 4) is 0 Å². The smallest absolute Gasteiger partial charge is 0.350 e. The number of carbonyl (C=O) groups is 1. The minimum atomic E-state index is -0.340. The molecule has 0 fully saturated rings. The minimum Gasteiger partial charge on any atom is -0.465 e. The van der Waals surface area contributed by atoms with Crippen LogP contribution in [0.4, 0.5) is 5.13 Å². The van der Waals surface area contributed by atoms with Crippen molar-refractivity contribution in [1.82, 2.24) is 14.5 Å². The van der Waals surface area contributed by atoms with Crippen molar-refractivity contribution in [3.63, 3.8) is 0 Å². The van der Waals surface area contributed by atoms with Gasteiger partial charge < -0.3 is 14.6 Å². The van der Waals surface area contributed by atoms with E-state index in [0.29, 0.717) is 10.6 Å². The number of nitrogens with zero attached hydrogens (tertiary/aromatic N) is 3. The van der Waals surface area contributed by atoms with E-state index in [-0.39, 0.29) is 5.97 Å². The predicted molar refractivity (Wildman–Crippen MR) is 68.9 cm³/mol. The van der Waals surface area contributed by atoms with E-state index in [0.717, 1.165) is 18.2 Å². The van der Waals surface area contributed by atoms with Crippen molar-refractivity contribution in [2.75, 3.05) is 19.0 Å². The third kappa shape index (κ3) is 2.86. The maximum absolute atomic E-state index is 11.4. The van der Waals surface area contributed by atoms with Gasteiger partial charge in [-0.05, 0) is 6.92 Å². The Morgan fingerprint density at radius 1 is 1.61 bits per heavy atom. The molecule has 2 aromatic rings. The van der Waals surface area contributed by atoms with Crippen molar-refractivity contribution >= 4 is 22.4 Å². The number of anilines is 1. The molecule has 2 aromatic heterocycles. The second-order valence-electron chi connectivity index (χ2n) is 3.65. The molecule has 0 atom stereocenters. The van der Waals surface area contributed by atoms with Crippen LogP contribution in [0.2, 0.25) is 0 Å². The molecular weight excluding hydrogens is 252 g/mol. The number of imidazole rings is 1. The highest BCUT2D eigenvalue weighted by Crippen LogP contribution is 2.22. The van der Waals surface area contributed by atoms with Gasteiger partial charge in [0.25, 0.3) is 0 Å². The molecule has 6 nitrogen and oxygen atoms in total. The molecule has 18 heavy (non-hydrogen) atoms. The van der Waals surface area contributed by atoms with Crippen LogP contribution in [0.5, 0.6) is 0 Å². The summed E-state index contributed by atoms with van der Waals surface area (Å²) in [7, 11) is 1.37. The van der Waals surface area contributed by atoms with Gasteiger partial charge in [-0.2, -0.15) is 0 Å². The summed E-state index contributed by atoms with van der Waals surface area (Å²) in [4.78, 5) is 20.2. The Hall–Kier alpha value is -1.89. The molecule has 1 N–H and O–H groups in total. The third-order valence-electron chi connectivity index (χ3n) is 2.37. The van der Waals surface area contributed by atoms with E-state index in [1.165, 1.54) is 18.4 Å². The Kier molecular flexibility index (Phi) is 3.93. The van der Waals surface area contributed by atoms with Crippen molar-refractivity contribution in [2.45, 2.75) is 13.5 Å². The topological polar surface area (TPSA) is 69.0 Å². The number of carbonyl (C=O) groups excluding carboxylic acids is 1. The Bertz CT molecular complexity index is 521. The van der Waals surface area contributed by atoms with Gasteiger partial charge in [0.2, 0.25) is 0 Å². The molecule has 0 unspecified atom stereocenters. The largest absolute Gasteiger partial charge is 0.465 e. The maximum atomic E-state index is 11.4. The Balaban J connectivity index is 1.92. The third-order valence-corrected chi connectivity index (χ3v) is 3.47. The van der Waals surface area contributed by atoms with Crippen LogP contribution in [0.1, 0.15) is 15.4 Å². The maximum Gasteiger partial charge on any atom is 0.350 e. The lowest BCUT2D eigenvalue weighted by Gasteiger charge is -2.02. The first-order valence-electron chi connectivity index (χ1n) is 5.46. The number of esters is 1. The van der Waals surface area contributed by atoms with Gasteiger partial charge in [0, 0.05) is 25.5 Å². The molecule has 7 heteroatoms. The summed E-state index contributed by atoms with van der Waals surface area (Å²) < 4.78 is 6.65. The fourth-order valence-corrected chi connectivity index (χ4v) is 2.38. The van der Waals surface area contributed by atoms with Crippen LogP contribution in [0.3, 0.4) is 0 Å². The van der Waals surface area contributed by atoms with E-state index in [1.54, 1.807) is 19.4 Å². The molecule has 0 aliphatic carbocycles. The highest BCUT2D eigenvalue weighted by molar-refractivity contribution is 7.17. The Morgan fingerprint density at radius 2 is 2.44 bits per heavy atom. The molecule has 0 aliphatic heterocycles. The monoisotopic (exact) mass is 266 g/mol. The van der Waals surface area contributed by atoms with Gasteiger partial charge >= 0.3 is 5.97 Å². The lowest BCUT2D eigenvalue weighted by Crippen LogP contribution is -2.08. The fraction of sp³-hybridized carbons (Fsp3) is 0.364. The number of hydrogen-bond donors (Lipinski definition) is 1. The molecule has 0 bridgehead atoms. The summed E-state index contributed by atoms with van der Waals surface area (Å²) in [6.07, 6.45) is 5.40. The van der Waals surface area contributed by atoms with Crippen molar-refractivity contribution in [1.29, 1.82) is 0 Å². The molecular formula is C11H14N4O2S. The normalized spacial score (nSPS) is 10.3. The lowest BCUT2D eigenvalue weighted by atomic mass is 10.4. The second-order valence-corrected chi connectivity index (χ2v) is 4.65. The molecule has 0 spiro atoms. The van der Waals surface area contributed by atoms with Crippen LogP contribution in [0, 0.1) is 6.92 Å². The number of methoxy groups -OCH3 is 1. The minimum absolute atomic E-state index is 0.340. The van der Waals surface area contributed by atoms with E-state index in [2.05, 4.69) is 20.0 Å². The van der Waals surface area contributed by atoms with Crippen LogP contribution >= 0.6 is 11.3 Å². The molecule has 0 aromatic carbocycles. The van der Waals surface area contributed by atoms with E-state index < -0.39 is 0 Å². The summed E-state index contributed by atoms with van der Waals surface area (Å²) in [6.45, 7) is 3.32. The number of ether oxygens (including phenoxy) is 1. The standard InChI is InChI=1S/C11H14N4O2S/c1-8-9(10(16)17-2)18-11(14-8)13-4-6-15-5-3-12-7-15/h3,5,7H,4,6H2,1-2H3,(H,13,14). The average molecular weight is 266 g/mol. The molecule has 0 saturated carbocycles. The van der Waals surface area contributed by atoms with Gasteiger partial charge in [-0.25, -0.2) is 14.8 Å². The molecule has 2 rings (SSSR count). The van der Waals surface area contributed by atoms with Crippen LogP contribution in [-0.2, 0) is 11.3 Å². The first-order valence-corrected chi connectivity index (χ1v) is 6.27. The van der Waals surface area contributed by atoms with Gasteiger partial charge in [0.1, 0.15) is 4.88 Å². The number of aromatic nitrogens is 3. The van der Waals surface area contributed by atoms with Crippen molar-refractivity contribution < 1.29 is 9.53 Å². The zero-order valence-corrected chi connectivity index (χ0v) is 11.0. The Morgan fingerprint density at radius 3 is 3.11 bits per heavy atom. The number of thiazole rings is 1. The second kappa shape index (κ2) is 5.63. The van der Waals surface area contributed by atoms with Gasteiger partial charge in [0.15, 0.2) is 5.13 Å². The van der Waals surface area contributed by atoms with E-state index in [1.807, 2.05) is 10.8 Å². The summed E-state index contributed by atoms with van der Waals surface area (Å²) in [5.41, 5.74) is 0.692. The van der Waals surface area contributed by atoms with Crippen LogP contribution < -0.4 is 5.32 Å². The van der Waals surface area contributed by atoms with Crippen LogP contribution in [-0.4, -0.2) is 34.2 Å². The predicted octanol–water partition coefficient (Wildman–Crippen LogP) is 1.55. The van der Waals surface area contributed by atoms with Crippen LogP contribution in [0.25, 0.3) is 0 Å². The van der Waals surface area contributed by atoms with Crippen LogP contribution in [0.15, 0.2) is 18.7 Å². The lowest BCUT2D eigenvalue weighted by molar-refractivity contribution is 0.0605.